The monoisotopic (exact) mass is 669 g/mol. The van der Waals surface area contributed by atoms with Crippen molar-refractivity contribution in [3.8, 4) is 5.69 Å². The van der Waals surface area contributed by atoms with Crippen LogP contribution in [0.1, 0.15) is 50.2 Å². The molecule has 1 aliphatic rings. The van der Waals surface area contributed by atoms with Crippen molar-refractivity contribution < 1.29 is 26.3 Å². The Balaban J connectivity index is 0.000000749. The molecule has 0 saturated carbocycles. The molecule has 7 rings (SSSR count). The van der Waals surface area contributed by atoms with Crippen LogP contribution in [0.25, 0.3) is 27.2 Å². The van der Waals surface area contributed by atoms with E-state index in [-0.39, 0.29) is 11.1 Å². The molecule has 0 N–H and O–H groups in total. The lowest BCUT2D eigenvalue weighted by Crippen LogP contribution is -2.57. The summed E-state index contributed by atoms with van der Waals surface area (Å²) in [7, 11) is -8.33. The molecule has 0 aliphatic carbocycles. The van der Waals surface area contributed by atoms with E-state index in [1.807, 2.05) is 10.7 Å². The van der Waals surface area contributed by atoms with E-state index in [9.17, 15) is 17.3 Å². The SMILES string of the molecule is CC(C)(C)[Si](C)(C)OC(c1ccc2ccccc2c1)(c1ccc2ccccc2c1)[C@@H]1CCc2nn(-c3ccccc3)c[n+]21.F[B-](F)(F)F. The summed E-state index contributed by atoms with van der Waals surface area (Å²) >= 11 is 0. The molecule has 0 amide bonds. The minimum absolute atomic E-state index is 0.0201. The summed E-state index contributed by atoms with van der Waals surface area (Å²) in [6, 6.07) is 41.7. The van der Waals surface area contributed by atoms with Crippen LogP contribution in [-0.2, 0) is 16.4 Å². The van der Waals surface area contributed by atoms with Gasteiger partial charge in [-0.15, -0.1) is 0 Å². The van der Waals surface area contributed by atoms with Crippen LogP contribution in [0.15, 0.2) is 122 Å². The van der Waals surface area contributed by atoms with Gasteiger partial charge < -0.3 is 21.7 Å². The van der Waals surface area contributed by atoms with E-state index in [1.165, 1.54) is 32.7 Å². The second-order valence-corrected chi connectivity index (χ2v) is 18.7. The highest BCUT2D eigenvalue weighted by Crippen LogP contribution is 2.51. The lowest BCUT2D eigenvalue weighted by atomic mass is 9.78. The molecule has 2 heterocycles. The number of halogens is 4. The Morgan fingerprint density at radius 3 is 1.71 bits per heavy atom. The van der Waals surface area contributed by atoms with E-state index in [0.29, 0.717) is 0 Å². The van der Waals surface area contributed by atoms with Gasteiger partial charge in [-0.3, -0.25) is 0 Å². The first-order valence-electron chi connectivity index (χ1n) is 16.3. The lowest BCUT2D eigenvalue weighted by molar-refractivity contribution is -0.730. The van der Waals surface area contributed by atoms with Gasteiger partial charge in [0.05, 0.1) is 0 Å². The van der Waals surface area contributed by atoms with Gasteiger partial charge in [-0.25, -0.2) is 4.57 Å². The Morgan fingerprint density at radius 2 is 1.21 bits per heavy atom. The van der Waals surface area contributed by atoms with Crippen LogP contribution in [0.3, 0.4) is 0 Å². The second-order valence-electron chi connectivity index (χ2n) is 14.0. The van der Waals surface area contributed by atoms with Crippen molar-refractivity contribution in [1.82, 2.24) is 9.78 Å². The highest BCUT2D eigenvalue weighted by molar-refractivity contribution is 6.74. The molecule has 4 nitrogen and oxygen atoms in total. The van der Waals surface area contributed by atoms with Crippen molar-refractivity contribution in [3.63, 3.8) is 0 Å². The summed E-state index contributed by atoms with van der Waals surface area (Å²) in [6.07, 6.45) is 4.04. The van der Waals surface area contributed by atoms with Crippen molar-refractivity contribution in [2.45, 2.75) is 63.4 Å². The Morgan fingerprint density at radius 1 is 0.729 bits per heavy atom. The Kier molecular flexibility index (Phi) is 8.85. The maximum atomic E-state index is 9.75. The van der Waals surface area contributed by atoms with Crippen molar-refractivity contribution in [2.75, 3.05) is 0 Å². The number of fused-ring (bicyclic) bond motifs is 3. The van der Waals surface area contributed by atoms with E-state index >= 15 is 0 Å². The number of nitrogens with zero attached hydrogens (tertiary/aromatic N) is 3. The van der Waals surface area contributed by atoms with E-state index in [0.717, 1.165) is 24.4 Å². The molecule has 1 aromatic heterocycles. The molecule has 5 aromatic carbocycles. The van der Waals surface area contributed by atoms with Crippen LogP contribution < -0.4 is 4.57 Å². The molecule has 1 aliphatic heterocycles. The smallest absolute Gasteiger partial charge is 0.418 e. The number of aryl methyl sites for hydroxylation is 1. The van der Waals surface area contributed by atoms with Gasteiger partial charge in [0.25, 0.3) is 5.82 Å². The first-order valence-corrected chi connectivity index (χ1v) is 19.2. The number of aromatic nitrogens is 3. The number of benzene rings is 5. The second kappa shape index (κ2) is 12.6. The molecule has 48 heavy (non-hydrogen) atoms. The van der Waals surface area contributed by atoms with Gasteiger partial charge in [0.2, 0.25) is 6.33 Å². The third-order valence-corrected chi connectivity index (χ3v) is 14.2. The highest BCUT2D eigenvalue weighted by atomic mass is 28.4. The minimum atomic E-state index is -6.00. The number of hydrogen-bond acceptors (Lipinski definition) is 2. The van der Waals surface area contributed by atoms with E-state index in [2.05, 4.69) is 154 Å². The summed E-state index contributed by atoms with van der Waals surface area (Å²) in [6.45, 7) is 11.8. The highest BCUT2D eigenvalue weighted by Gasteiger charge is 2.55. The fourth-order valence-corrected chi connectivity index (χ4v) is 7.95. The largest absolute Gasteiger partial charge is 0.673 e. The molecule has 0 saturated heterocycles. The number of hydrogen-bond donors (Lipinski definition) is 0. The maximum Gasteiger partial charge on any atom is 0.673 e. The summed E-state index contributed by atoms with van der Waals surface area (Å²) in [5, 5.41) is 10.0. The first kappa shape index (κ1) is 33.6. The summed E-state index contributed by atoms with van der Waals surface area (Å²) in [4.78, 5) is 0. The molecule has 0 unspecified atom stereocenters. The van der Waals surface area contributed by atoms with Gasteiger partial charge in [0, 0.05) is 11.5 Å². The molecule has 248 valence electrons. The third-order valence-electron chi connectivity index (χ3n) is 9.80. The zero-order chi connectivity index (χ0) is 34.3. The topological polar surface area (TPSA) is 30.9 Å². The number of para-hydroxylation sites is 1. The van der Waals surface area contributed by atoms with E-state index < -0.39 is 21.2 Å². The van der Waals surface area contributed by atoms with Crippen molar-refractivity contribution in [2.24, 2.45) is 0 Å². The van der Waals surface area contributed by atoms with Crippen molar-refractivity contribution in [3.05, 3.63) is 139 Å². The predicted molar refractivity (Wildman–Crippen MR) is 188 cm³/mol. The molecule has 0 bridgehead atoms. The van der Waals surface area contributed by atoms with Crippen LogP contribution in [0.5, 0.6) is 0 Å². The fourth-order valence-electron chi connectivity index (χ4n) is 6.47. The molecule has 1 atom stereocenters. The summed E-state index contributed by atoms with van der Waals surface area (Å²) in [5.74, 6) is 1.10. The van der Waals surface area contributed by atoms with Crippen LogP contribution in [0.4, 0.5) is 17.3 Å². The van der Waals surface area contributed by atoms with E-state index in [1.54, 1.807) is 0 Å². The van der Waals surface area contributed by atoms with Gasteiger partial charge in [-0.05, 0) is 81.5 Å². The molecule has 6 aromatic rings. The first-order chi connectivity index (χ1) is 22.7. The molecule has 0 fully saturated rings. The zero-order valence-electron chi connectivity index (χ0n) is 27.9. The molecular weight excluding hydrogens is 629 g/mol. The minimum Gasteiger partial charge on any atom is -0.418 e. The lowest BCUT2D eigenvalue weighted by Gasteiger charge is -2.48. The van der Waals surface area contributed by atoms with Crippen molar-refractivity contribution >= 4 is 37.1 Å². The standard InChI is InChI=1S/C38H40N3OSi.BF4/c1-37(2,3)43(4,5)42-38(32-21-19-28-13-9-11-15-30(28)25-32,33-22-20-29-14-10-12-16-31(29)26-33)35-23-24-36-39-41(27-40(35)36)34-17-7-6-8-18-34;2-1(3,4)5/h6-22,25-27,35H,23-24H2,1-5H3;/q+1;-1/t35-;/m0./s1. The normalized spacial score (nSPS) is 15.3. The summed E-state index contributed by atoms with van der Waals surface area (Å²) < 4.78 is 51.3. The van der Waals surface area contributed by atoms with Crippen LogP contribution >= 0.6 is 0 Å². The zero-order valence-corrected chi connectivity index (χ0v) is 28.9. The van der Waals surface area contributed by atoms with Gasteiger partial charge in [0.1, 0.15) is 17.3 Å². The van der Waals surface area contributed by atoms with Gasteiger partial charge >= 0.3 is 7.25 Å². The fraction of sp³-hybridized carbons (Fsp3) is 0.263. The summed E-state index contributed by atoms with van der Waals surface area (Å²) in [5.41, 5.74) is 2.74. The molecule has 0 spiro atoms. The number of rotatable bonds is 6. The predicted octanol–water partition coefficient (Wildman–Crippen LogP) is 10.2. The van der Waals surface area contributed by atoms with Gasteiger partial charge in [-0.2, -0.15) is 0 Å². The third kappa shape index (κ3) is 6.69. The Hall–Kier alpha value is -4.28. The average molecular weight is 670 g/mol. The Labute approximate surface area is 280 Å². The molecule has 0 radical (unpaired) electrons. The van der Waals surface area contributed by atoms with Crippen LogP contribution in [0, 0.1) is 0 Å². The Bertz CT molecular complexity index is 1970. The van der Waals surface area contributed by atoms with Gasteiger partial charge in [-0.1, -0.05) is 116 Å². The van der Waals surface area contributed by atoms with E-state index in [4.69, 9.17) is 9.52 Å². The average Bonchev–Trinajstić information content (AvgIpc) is 3.64. The van der Waals surface area contributed by atoms with Crippen LogP contribution in [0.2, 0.25) is 18.1 Å². The van der Waals surface area contributed by atoms with Gasteiger partial charge in [0.15, 0.2) is 8.32 Å². The molecular formula is C38H40BF4N3OSi. The molecule has 10 heteroatoms. The maximum absolute atomic E-state index is 9.75. The van der Waals surface area contributed by atoms with Crippen LogP contribution in [-0.4, -0.2) is 25.4 Å². The van der Waals surface area contributed by atoms with Crippen molar-refractivity contribution in [1.29, 1.82) is 0 Å². The quantitative estimate of drug-likeness (QED) is 0.100.